The maximum Gasteiger partial charge on any atom is 0.115 e. The lowest BCUT2D eigenvalue weighted by Gasteiger charge is -2.53. The van der Waals surface area contributed by atoms with Gasteiger partial charge < -0.3 is 14.9 Å². The van der Waals surface area contributed by atoms with Crippen LogP contribution < -0.4 is 0 Å². The van der Waals surface area contributed by atoms with Gasteiger partial charge in [0.15, 0.2) is 0 Å². The van der Waals surface area contributed by atoms with Gasteiger partial charge in [0.25, 0.3) is 0 Å². The molecule has 26 heavy (non-hydrogen) atoms. The number of fused-ring (bicyclic) bond motifs is 5. The first-order chi connectivity index (χ1) is 12.5. The fourth-order valence-electron chi connectivity index (χ4n) is 6.49. The minimum Gasteiger partial charge on any atom is -0.508 e. The standard InChI is InChI=1S/C23H34O3/c1-3-4-11-26-14-16-13-23(2)20(9-10-21(23)25)19-7-5-15-12-17(24)6-8-18(15)22(16)19/h6,8,12,16,19-22,24-25H,3-5,7,9-11,13-14H2,1-2H3/t16-,19+,20+,21+,22-,23+/m1/s1. The third kappa shape index (κ3) is 2.97. The minimum atomic E-state index is -0.159. The zero-order valence-electron chi connectivity index (χ0n) is 16.3. The number of hydrogen-bond acceptors (Lipinski definition) is 3. The van der Waals surface area contributed by atoms with E-state index in [2.05, 4.69) is 19.9 Å². The maximum absolute atomic E-state index is 10.8. The first-order valence-electron chi connectivity index (χ1n) is 10.6. The average Bonchev–Trinajstić information content (AvgIpc) is 2.93. The number of phenolic OH excluding ortho intramolecular Hbond substituents is 1. The Morgan fingerprint density at radius 3 is 2.88 bits per heavy atom. The van der Waals surface area contributed by atoms with Crippen LogP contribution in [-0.4, -0.2) is 29.5 Å². The first-order valence-corrected chi connectivity index (χ1v) is 10.6. The predicted molar refractivity (Wildman–Crippen MR) is 103 cm³/mol. The summed E-state index contributed by atoms with van der Waals surface area (Å²) in [6, 6.07) is 5.99. The molecule has 0 spiro atoms. The van der Waals surface area contributed by atoms with Gasteiger partial charge >= 0.3 is 0 Å². The SMILES string of the molecule is CCCCOC[C@H]1C[C@]2(C)[C@@H](O)CC[C@H]2[C@@H]2CCc3cc(O)ccc3[C@@H]12. The highest BCUT2D eigenvalue weighted by Crippen LogP contribution is 2.62. The van der Waals surface area contributed by atoms with Gasteiger partial charge in [-0.2, -0.15) is 0 Å². The molecular formula is C23H34O3. The van der Waals surface area contributed by atoms with Crippen LogP contribution >= 0.6 is 0 Å². The van der Waals surface area contributed by atoms with E-state index in [0.717, 1.165) is 51.7 Å². The molecule has 0 heterocycles. The van der Waals surface area contributed by atoms with Crippen LogP contribution in [0.25, 0.3) is 0 Å². The molecule has 3 nitrogen and oxygen atoms in total. The van der Waals surface area contributed by atoms with E-state index in [0.29, 0.717) is 29.4 Å². The topological polar surface area (TPSA) is 49.7 Å². The van der Waals surface area contributed by atoms with Gasteiger partial charge in [-0.3, -0.25) is 0 Å². The summed E-state index contributed by atoms with van der Waals surface area (Å²) >= 11 is 0. The molecule has 3 aliphatic carbocycles. The van der Waals surface area contributed by atoms with Crippen molar-refractivity contribution in [3.63, 3.8) is 0 Å². The van der Waals surface area contributed by atoms with E-state index < -0.39 is 0 Å². The molecule has 3 heteroatoms. The van der Waals surface area contributed by atoms with Gasteiger partial charge in [0.1, 0.15) is 5.75 Å². The molecule has 0 aliphatic heterocycles. The number of rotatable bonds is 5. The molecule has 3 aliphatic rings. The van der Waals surface area contributed by atoms with Crippen molar-refractivity contribution >= 4 is 0 Å². The second-order valence-electron chi connectivity index (χ2n) is 9.21. The Hall–Kier alpha value is -1.06. The quantitative estimate of drug-likeness (QED) is 0.753. The Bertz CT molecular complexity index is 642. The average molecular weight is 359 g/mol. The van der Waals surface area contributed by atoms with Crippen LogP contribution in [0.15, 0.2) is 18.2 Å². The number of aliphatic hydroxyl groups excluding tert-OH is 1. The van der Waals surface area contributed by atoms with Crippen LogP contribution in [0, 0.1) is 23.2 Å². The molecule has 0 unspecified atom stereocenters. The maximum atomic E-state index is 10.8. The Kier molecular flexibility index (Phi) is 5.04. The normalized spacial score (nSPS) is 38.5. The summed E-state index contributed by atoms with van der Waals surface area (Å²) in [6.07, 6.45) is 7.54. The van der Waals surface area contributed by atoms with Crippen molar-refractivity contribution in [2.45, 2.75) is 70.8 Å². The lowest BCUT2D eigenvalue weighted by molar-refractivity contribution is -0.0674. The van der Waals surface area contributed by atoms with E-state index in [1.165, 1.54) is 17.5 Å². The fraction of sp³-hybridized carbons (Fsp3) is 0.739. The molecule has 144 valence electrons. The van der Waals surface area contributed by atoms with Gasteiger partial charge in [0.05, 0.1) is 6.10 Å². The van der Waals surface area contributed by atoms with Crippen LogP contribution in [0.2, 0.25) is 0 Å². The zero-order valence-corrected chi connectivity index (χ0v) is 16.3. The summed E-state index contributed by atoms with van der Waals surface area (Å²) in [5.41, 5.74) is 2.81. The van der Waals surface area contributed by atoms with Crippen molar-refractivity contribution < 1.29 is 14.9 Å². The van der Waals surface area contributed by atoms with E-state index in [4.69, 9.17) is 4.74 Å². The van der Waals surface area contributed by atoms with Crippen LogP contribution in [0.5, 0.6) is 5.75 Å². The highest BCUT2D eigenvalue weighted by Gasteiger charge is 2.57. The van der Waals surface area contributed by atoms with Crippen LogP contribution in [0.4, 0.5) is 0 Å². The number of ether oxygens (including phenoxy) is 1. The van der Waals surface area contributed by atoms with E-state index in [9.17, 15) is 10.2 Å². The van der Waals surface area contributed by atoms with Crippen molar-refractivity contribution in [1.29, 1.82) is 0 Å². The summed E-state index contributed by atoms with van der Waals surface area (Å²) in [4.78, 5) is 0. The second kappa shape index (κ2) is 7.16. The van der Waals surface area contributed by atoms with Crippen LogP contribution in [0.3, 0.4) is 0 Å². The van der Waals surface area contributed by atoms with E-state index in [1.807, 2.05) is 12.1 Å². The van der Waals surface area contributed by atoms with Crippen LogP contribution in [-0.2, 0) is 11.2 Å². The molecule has 2 saturated carbocycles. The Morgan fingerprint density at radius 1 is 1.23 bits per heavy atom. The Balaban J connectivity index is 1.65. The minimum absolute atomic E-state index is 0.0500. The third-order valence-electron chi connectivity index (χ3n) is 7.75. The zero-order chi connectivity index (χ0) is 18.3. The molecular weight excluding hydrogens is 324 g/mol. The molecule has 1 aromatic carbocycles. The molecule has 0 radical (unpaired) electrons. The summed E-state index contributed by atoms with van der Waals surface area (Å²) in [5, 5.41) is 20.7. The number of aliphatic hydroxyl groups is 1. The van der Waals surface area contributed by atoms with E-state index >= 15 is 0 Å². The predicted octanol–water partition coefficient (Wildman–Crippen LogP) is 4.65. The van der Waals surface area contributed by atoms with Gasteiger partial charge in [-0.25, -0.2) is 0 Å². The lowest BCUT2D eigenvalue weighted by atomic mass is 9.52. The van der Waals surface area contributed by atoms with Crippen molar-refractivity contribution in [3.8, 4) is 5.75 Å². The number of phenols is 1. The van der Waals surface area contributed by atoms with Gasteiger partial charge in [0.2, 0.25) is 0 Å². The lowest BCUT2D eigenvalue weighted by Crippen LogP contribution is -2.49. The van der Waals surface area contributed by atoms with Gasteiger partial charge in [0, 0.05) is 13.2 Å². The van der Waals surface area contributed by atoms with E-state index in [-0.39, 0.29) is 11.5 Å². The fourth-order valence-corrected chi connectivity index (χ4v) is 6.49. The number of hydrogen-bond donors (Lipinski definition) is 2. The molecule has 6 atom stereocenters. The van der Waals surface area contributed by atoms with Crippen molar-refractivity contribution in [1.82, 2.24) is 0 Å². The first kappa shape index (κ1) is 18.3. The van der Waals surface area contributed by atoms with Crippen molar-refractivity contribution in [2.24, 2.45) is 23.2 Å². The van der Waals surface area contributed by atoms with Crippen LogP contribution in [0.1, 0.15) is 69.4 Å². The van der Waals surface area contributed by atoms with Crippen molar-refractivity contribution in [2.75, 3.05) is 13.2 Å². The number of aromatic hydroxyl groups is 1. The molecule has 2 N–H and O–H groups in total. The van der Waals surface area contributed by atoms with Gasteiger partial charge in [-0.15, -0.1) is 0 Å². The number of unbranched alkanes of at least 4 members (excludes halogenated alkanes) is 1. The highest BCUT2D eigenvalue weighted by atomic mass is 16.5. The monoisotopic (exact) mass is 358 g/mol. The molecule has 2 fully saturated rings. The largest absolute Gasteiger partial charge is 0.508 e. The Labute approximate surface area is 157 Å². The summed E-state index contributed by atoms with van der Waals surface area (Å²) in [6.45, 7) is 6.17. The van der Waals surface area contributed by atoms with Crippen molar-refractivity contribution in [3.05, 3.63) is 29.3 Å². The summed E-state index contributed by atoms with van der Waals surface area (Å²) < 4.78 is 6.10. The molecule has 4 rings (SSSR count). The number of benzene rings is 1. The van der Waals surface area contributed by atoms with Gasteiger partial charge in [-0.1, -0.05) is 26.3 Å². The molecule has 0 saturated heterocycles. The third-order valence-corrected chi connectivity index (χ3v) is 7.75. The summed E-state index contributed by atoms with van der Waals surface area (Å²) in [7, 11) is 0. The number of aryl methyl sites for hydroxylation is 1. The molecule has 0 amide bonds. The highest BCUT2D eigenvalue weighted by molar-refractivity contribution is 5.40. The van der Waals surface area contributed by atoms with E-state index in [1.54, 1.807) is 0 Å². The second-order valence-corrected chi connectivity index (χ2v) is 9.21. The molecule has 0 aromatic heterocycles. The molecule has 1 aromatic rings. The smallest absolute Gasteiger partial charge is 0.115 e. The molecule has 0 bridgehead atoms. The summed E-state index contributed by atoms with van der Waals surface area (Å²) in [5.74, 6) is 2.63. The van der Waals surface area contributed by atoms with Gasteiger partial charge in [-0.05, 0) is 90.9 Å². The Morgan fingerprint density at radius 2 is 2.08 bits per heavy atom.